The van der Waals surface area contributed by atoms with Crippen molar-refractivity contribution < 1.29 is 4.79 Å². The van der Waals surface area contributed by atoms with E-state index in [9.17, 15) is 4.79 Å². The molecule has 1 unspecified atom stereocenters. The van der Waals surface area contributed by atoms with E-state index in [1.165, 1.54) is 6.42 Å². The Hall–Kier alpha value is -1.08. The molecular weight excluding hydrogens is 202 g/mol. The smallest absolute Gasteiger partial charge is 0.222 e. The molecule has 0 aromatic rings. The Balaban J connectivity index is 2.33. The third kappa shape index (κ3) is 4.19. The molecule has 0 bridgehead atoms. The van der Waals surface area contributed by atoms with Crippen LogP contribution in [0.3, 0.4) is 0 Å². The van der Waals surface area contributed by atoms with Crippen molar-refractivity contribution in [1.82, 2.24) is 10.2 Å². The summed E-state index contributed by atoms with van der Waals surface area (Å²) in [5.74, 6) is 0.684. The number of nitrogens with zero attached hydrogens (tertiary/aromatic N) is 2. The number of nitrogens with one attached hydrogen (secondary N) is 1. The predicted octanol–water partition coefficient (Wildman–Crippen LogP) is 1.14. The van der Waals surface area contributed by atoms with E-state index < -0.39 is 0 Å². The highest BCUT2D eigenvalue weighted by Crippen LogP contribution is 2.15. The zero-order valence-corrected chi connectivity index (χ0v) is 10.0. The van der Waals surface area contributed by atoms with Crippen LogP contribution in [0, 0.1) is 17.2 Å². The molecule has 1 fully saturated rings. The Labute approximate surface area is 97.6 Å². The highest BCUT2D eigenvalue weighted by Gasteiger charge is 2.19. The van der Waals surface area contributed by atoms with Gasteiger partial charge in [0.1, 0.15) is 0 Å². The maximum absolute atomic E-state index is 11.9. The average molecular weight is 223 g/mol. The van der Waals surface area contributed by atoms with Crippen LogP contribution >= 0.6 is 0 Å². The lowest BCUT2D eigenvalue weighted by atomic mass is 9.95. The summed E-state index contributed by atoms with van der Waals surface area (Å²) in [6, 6.07) is 2.08. The molecule has 1 heterocycles. The summed E-state index contributed by atoms with van der Waals surface area (Å²) in [7, 11) is 0. The standard InChI is InChI=1S/C12H21N3O/c1-2-15(8-4-6-13)12(16)9-11-5-3-7-14-10-11/h11,14H,2-5,7-10H2,1H3. The summed E-state index contributed by atoms with van der Waals surface area (Å²) in [5, 5.41) is 11.8. The lowest BCUT2D eigenvalue weighted by Gasteiger charge is -2.26. The van der Waals surface area contributed by atoms with Gasteiger partial charge in [0.15, 0.2) is 0 Å². The fourth-order valence-electron chi connectivity index (χ4n) is 2.12. The van der Waals surface area contributed by atoms with Gasteiger partial charge in [-0.2, -0.15) is 5.26 Å². The van der Waals surface area contributed by atoms with E-state index in [0.29, 0.717) is 31.8 Å². The molecule has 0 aromatic carbocycles. The highest BCUT2D eigenvalue weighted by molar-refractivity contribution is 5.76. The lowest BCUT2D eigenvalue weighted by Crippen LogP contribution is -2.37. The second-order valence-electron chi connectivity index (χ2n) is 4.30. The van der Waals surface area contributed by atoms with Crippen LogP contribution in [0.4, 0.5) is 0 Å². The topological polar surface area (TPSA) is 56.1 Å². The Kier molecular flexibility index (Phi) is 5.87. The largest absolute Gasteiger partial charge is 0.342 e. The van der Waals surface area contributed by atoms with Crippen molar-refractivity contribution in [3.05, 3.63) is 0 Å². The molecule has 1 aliphatic heterocycles. The summed E-state index contributed by atoms with van der Waals surface area (Å²) in [6.07, 6.45) is 3.38. The van der Waals surface area contributed by atoms with E-state index in [0.717, 1.165) is 19.5 Å². The van der Waals surface area contributed by atoms with E-state index >= 15 is 0 Å². The third-order valence-electron chi connectivity index (χ3n) is 3.09. The van der Waals surface area contributed by atoms with Gasteiger partial charge in [-0.1, -0.05) is 0 Å². The summed E-state index contributed by atoms with van der Waals surface area (Å²) >= 11 is 0. The number of nitriles is 1. The minimum Gasteiger partial charge on any atom is -0.342 e. The molecule has 1 amide bonds. The number of hydrogen-bond donors (Lipinski definition) is 1. The molecule has 0 saturated carbocycles. The van der Waals surface area contributed by atoms with Gasteiger partial charge in [0.25, 0.3) is 0 Å². The van der Waals surface area contributed by atoms with E-state index in [1.807, 2.05) is 6.92 Å². The van der Waals surface area contributed by atoms with Crippen LogP contribution < -0.4 is 5.32 Å². The highest BCUT2D eigenvalue weighted by atomic mass is 16.2. The van der Waals surface area contributed by atoms with E-state index in [-0.39, 0.29) is 5.91 Å². The number of rotatable bonds is 5. The molecule has 0 aromatic heterocycles. The Bertz CT molecular complexity index is 253. The quantitative estimate of drug-likeness (QED) is 0.760. The molecule has 1 N–H and O–H groups in total. The van der Waals surface area contributed by atoms with Crippen LogP contribution in [0.1, 0.15) is 32.6 Å². The Morgan fingerprint density at radius 1 is 1.62 bits per heavy atom. The van der Waals surface area contributed by atoms with Crippen LogP contribution in [0.25, 0.3) is 0 Å². The molecular formula is C12H21N3O. The van der Waals surface area contributed by atoms with Crippen molar-refractivity contribution in [2.45, 2.75) is 32.6 Å². The van der Waals surface area contributed by atoms with Crippen LogP contribution in [-0.4, -0.2) is 37.0 Å². The van der Waals surface area contributed by atoms with Crippen molar-refractivity contribution >= 4 is 5.91 Å². The van der Waals surface area contributed by atoms with Crippen LogP contribution in [0.2, 0.25) is 0 Å². The van der Waals surface area contributed by atoms with Crippen molar-refractivity contribution in [1.29, 1.82) is 5.26 Å². The minimum absolute atomic E-state index is 0.200. The van der Waals surface area contributed by atoms with Crippen LogP contribution in [0.5, 0.6) is 0 Å². The fourth-order valence-corrected chi connectivity index (χ4v) is 2.12. The normalized spacial score (nSPS) is 20.1. The van der Waals surface area contributed by atoms with Crippen molar-refractivity contribution in [2.75, 3.05) is 26.2 Å². The van der Waals surface area contributed by atoms with E-state index in [2.05, 4.69) is 11.4 Å². The number of carbonyl (C=O) groups excluding carboxylic acids is 1. The van der Waals surface area contributed by atoms with Crippen molar-refractivity contribution in [3.63, 3.8) is 0 Å². The summed E-state index contributed by atoms with van der Waals surface area (Å²) < 4.78 is 0. The first-order chi connectivity index (χ1) is 7.77. The minimum atomic E-state index is 0.200. The van der Waals surface area contributed by atoms with Gasteiger partial charge in [0, 0.05) is 19.5 Å². The molecule has 1 aliphatic rings. The van der Waals surface area contributed by atoms with Crippen LogP contribution in [0.15, 0.2) is 0 Å². The number of carbonyl (C=O) groups is 1. The first-order valence-corrected chi connectivity index (χ1v) is 6.13. The lowest BCUT2D eigenvalue weighted by molar-refractivity contribution is -0.132. The molecule has 16 heavy (non-hydrogen) atoms. The predicted molar refractivity (Wildman–Crippen MR) is 62.7 cm³/mol. The molecule has 1 rings (SSSR count). The molecule has 1 saturated heterocycles. The molecule has 4 heteroatoms. The van der Waals surface area contributed by atoms with E-state index in [1.54, 1.807) is 4.90 Å². The van der Waals surface area contributed by atoms with Gasteiger partial charge in [-0.3, -0.25) is 4.79 Å². The summed E-state index contributed by atoms with van der Waals surface area (Å²) in [5.41, 5.74) is 0. The number of amides is 1. The van der Waals surface area contributed by atoms with Gasteiger partial charge in [-0.05, 0) is 38.8 Å². The van der Waals surface area contributed by atoms with Gasteiger partial charge in [-0.25, -0.2) is 0 Å². The molecule has 0 aliphatic carbocycles. The third-order valence-corrected chi connectivity index (χ3v) is 3.09. The fraction of sp³-hybridized carbons (Fsp3) is 0.833. The Morgan fingerprint density at radius 2 is 2.44 bits per heavy atom. The first-order valence-electron chi connectivity index (χ1n) is 6.13. The first kappa shape index (κ1) is 13.0. The summed E-state index contributed by atoms with van der Waals surface area (Å²) in [6.45, 7) is 5.29. The zero-order chi connectivity index (χ0) is 11.8. The second-order valence-corrected chi connectivity index (χ2v) is 4.30. The maximum atomic E-state index is 11.9. The molecule has 1 atom stereocenters. The molecule has 90 valence electrons. The maximum Gasteiger partial charge on any atom is 0.222 e. The van der Waals surface area contributed by atoms with Gasteiger partial charge in [0.05, 0.1) is 12.5 Å². The van der Waals surface area contributed by atoms with Gasteiger partial charge in [0.2, 0.25) is 5.91 Å². The van der Waals surface area contributed by atoms with Gasteiger partial charge in [-0.15, -0.1) is 0 Å². The summed E-state index contributed by atoms with van der Waals surface area (Å²) in [4.78, 5) is 13.7. The zero-order valence-electron chi connectivity index (χ0n) is 10.0. The van der Waals surface area contributed by atoms with Crippen LogP contribution in [-0.2, 0) is 4.79 Å². The number of hydrogen-bond acceptors (Lipinski definition) is 3. The van der Waals surface area contributed by atoms with E-state index in [4.69, 9.17) is 5.26 Å². The van der Waals surface area contributed by atoms with Gasteiger partial charge < -0.3 is 10.2 Å². The Morgan fingerprint density at radius 3 is 3.00 bits per heavy atom. The van der Waals surface area contributed by atoms with Crippen molar-refractivity contribution in [2.24, 2.45) is 5.92 Å². The molecule has 0 radical (unpaired) electrons. The monoisotopic (exact) mass is 223 g/mol. The average Bonchev–Trinajstić information content (AvgIpc) is 2.31. The van der Waals surface area contributed by atoms with Gasteiger partial charge >= 0.3 is 0 Å². The SMILES string of the molecule is CCN(CCC#N)C(=O)CC1CCCNC1. The molecule has 4 nitrogen and oxygen atoms in total. The number of piperidine rings is 1. The van der Waals surface area contributed by atoms with Crippen molar-refractivity contribution in [3.8, 4) is 6.07 Å². The molecule has 0 spiro atoms. The second kappa shape index (κ2) is 7.24.